The van der Waals surface area contributed by atoms with Crippen LogP contribution < -0.4 is 10.0 Å². The number of nitrogens with zero attached hydrogens (tertiary/aromatic N) is 6. The summed E-state index contributed by atoms with van der Waals surface area (Å²) in [5.41, 5.74) is 6.57. The van der Waals surface area contributed by atoms with Crippen LogP contribution in [0.3, 0.4) is 0 Å². The van der Waals surface area contributed by atoms with Gasteiger partial charge in [0.05, 0.1) is 18.7 Å². The van der Waals surface area contributed by atoms with Crippen LogP contribution >= 0.6 is 11.6 Å². The number of rotatable bonds is 8. The summed E-state index contributed by atoms with van der Waals surface area (Å²) in [5, 5.41) is 28.2. The first kappa shape index (κ1) is 25.7. The van der Waals surface area contributed by atoms with Gasteiger partial charge in [-0.15, -0.1) is 5.10 Å². The van der Waals surface area contributed by atoms with Gasteiger partial charge in [0.15, 0.2) is 6.20 Å². The SMILES string of the molecule is COC(=O)Nc1ccc(C2=CN=C(C(CC3CC3)c3ccc(-c4cc(Cl)ccc4-n4cnnn4)c[n+]3[O-])C2)cc1. The Morgan fingerprint density at radius 2 is 1.98 bits per heavy atom. The standard InChI is InChI=1S/C29H26ClN7O3/c1-40-29(38)33-23-8-4-19(5-9-23)21-13-26(31-15-21)25(12-18-2-3-18)28-10-6-20(16-37(28)39)24-14-22(30)7-11-27(24)36-17-32-34-35-36/h4-11,14-18,25H,2-3,12-13H2,1H3,(H,33,38). The molecule has 2 aromatic heterocycles. The molecule has 202 valence electrons. The Morgan fingerprint density at radius 1 is 1.18 bits per heavy atom. The van der Waals surface area contributed by atoms with Crippen molar-refractivity contribution in [3.05, 3.63) is 94.8 Å². The summed E-state index contributed by atoms with van der Waals surface area (Å²) < 4.78 is 7.15. The molecule has 1 amide bonds. The molecule has 0 saturated heterocycles. The van der Waals surface area contributed by atoms with Crippen molar-refractivity contribution < 1.29 is 14.3 Å². The normalized spacial score (nSPS) is 15.3. The molecule has 0 spiro atoms. The molecule has 40 heavy (non-hydrogen) atoms. The number of aliphatic imine (C=N–C) groups is 1. The van der Waals surface area contributed by atoms with Gasteiger partial charge in [-0.3, -0.25) is 10.3 Å². The highest BCUT2D eigenvalue weighted by molar-refractivity contribution is 6.31. The largest absolute Gasteiger partial charge is 0.618 e. The predicted molar refractivity (Wildman–Crippen MR) is 151 cm³/mol. The highest BCUT2D eigenvalue weighted by Gasteiger charge is 2.34. The van der Waals surface area contributed by atoms with Crippen LogP contribution in [0.1, 0.15) is 42.9 Å². The number of hydrogen-bond donors (Lipinski definition) is 1. The summed E-state index contributed by atoms with van der Waals surface area (Å²) in [7, 11) is 1.33. The second-order valence-electron chi connectivity index (χ2n) is 9.96. The molecule has 3 heterocycles. The van der Waals surface area contributed by atoms with Crippen molar-refractivity contribution in [2.24, 2.45) is 10.9 Å². The summed E-state index contributed by atoms with van der Waals surface area (Å²) in [4.78, 5) is 16.3. The Balaban J connectivity index is 1.25. The van der Waals surface area contributed by atoms with E-state index in [4.69, 9.17) is 16.6 Å². The van der Waals surface area contributed by atoms with E-state index in [9.17, 15) is 10.0 Å². The average molecular weight is 556 g/mol. The van der Waals surface area contributed by atoms with Crippen molar-refractivity contribution in [1.82, 2.24) is 20.2 Å². The lowest BCUT2D eigenvalue weighted by atomic mass is 9.88. The fourth-order valence-electron chi connectivity index (χ4n) is 5.02. The monoisotopic (exact) mass is 555 g/mol. The number of aromatic nitrogens is 5. The molecule has 0 radical (unpaired) electrons. The first-order valence-electron chi connectivity index (χ1n) is 13.0. The van der Waals surface area contributed by atoms with Gasteiger partial charge < -0.3 is 9.94 Å². The zero-order chi connectivity index (χ0) is 27.6. The fraction of sp³-hybridized carbons (Fsp3) is 0.241. The number of ether oxygens (including phenoxy) is 1. The number of anilines is 1. The molecule has 1 unspecified atom stereocenters. The minimum absolute atomic E-state index is 0.0913. The van der Waals surface area contributed by atoms with Crippen LogP contribution in [0.2, 0.25) is 5.02 Å². The minimum Gasteiger partial charge on any atom is -0.618 e. The average Bonchev–Trinajstić information content (AvgIpc) is 3.39. The van der Waals surface area contributed by atoms with Crippen LogP contribution in [0.15, 0.2) is 78.3 Å². The summed E-state index contributed by atoms with van der Waals surface area (Å²) in [6.07, 6.45) is 8.35. The van der Waals surface area contributed by atoms with E-state index in [2.05, 4.69) is 25.6 Å². The van der Waals surface area contributed by atoms with Gasteiger partial charge >= 0.3 is 6.09 Å². The molecule has 11 heteroatoms. The Labute approximate surface area is 235 Å². The molecule has 1 N–H and O–H groups in total. The van der Waals surface area contributed by atoms with Crippen molar-refractivity contribution in [3.63, 3.8) is 0 Å². The van der Waals surface area contributed by atoms with Crippen LogP contribution in [0, 0.1) is 11.1 Å². The molecule has 10 nitrogen and oxygen atoms in total. The first-order valence-corrected chi connectivity index (χ1v) is 13.3. The number of halogens is 1. The summed E-state index contributed by atoms with van der Waals surface area (Å²) >= 11 is 6.31. The van der Waals surface area contributed by atoms with E-state index in [1.165, 1.54) is 26.3 Å². The van der Waals surface area contributed by atoms with Crippen LogP contribution in [0.4, 0.5) is 10.5 Å². The van der Waals surface area contributed by atoms with E-state index in [0.717, 1.165) is 39.3 Å². The third-order valence-electron chi connectivity index (χ3n) is 7.28. The van der Waals surface area contributed by atoms with Gasteiger partial charge in [-0.2, -0.15) is 9.41 Å². The van der Waals surface area contributed by atoms with Gasteiger partial charge in [-0.25, -0.2) is 4.79 Å². The zero-order valence-electron chi connectivity index (χ0n) is 21.7. The van der Waals surface area contributed by atoms with Gasteiger partial charge in [0, 0.05) is 46.2 Å². The number of benzene rings is 2. The second-order valence-corrected chi connectivity index (χ2v) is 10.4. The van der Waals surface area contributed by atoms with E-state index >= 15 is 0 Å². The number of carbonyl (C=O) groups is 1. The predicted octanol–water partition coefficient (Wildman–Crippen LogP) is 5.56. The molecule has 4 aromatic rings. The van der Waals surface area contributed by atoms with Crippen molar-refractivity contribution in [2.75, 3.05) is 12.4 Å². The molecule has 1 saturated carbocycles. The number of nitrogens with one attached hydrogen (secondary N) is 1. The Kier molecular flexibility index (Phi) is 7.00. The van der Waals surface area contributed by atoms with Gasteiger partial charge in [0.2, 0.25) is 5.69 Å². The minimum atomic E-state index is -0.514. The Bertz CT molecular complexity index is 1610. The van der Waals surface area contributed by atoms with E-state index in [-0.39, 0.29) is 5.92 Å². The topological polar surface area (TPSA) is 121 Å². The number of amides is 1. The number of pyridine rings is 1. The molecule has 2 aliphatic rings. The number of carbonyl (C=O) groups excluding carboxylic acids is 1. The van der Waals surface area contributed by atoms with E-state index in [0.29, 0.717) is 34.3 Å². The molecular weight excluding hydrogens is 530 g/mol. The Hall–Kier alpha value is -4.57. The van der Waals surface area contributed by atoms with Crippen LogP contribution in [0.5, 0.6) is 0 Å². The van der Waals surface area contributed by atoms with Crippen LogP contribution in [-0.2, 0) is 4.74 Å². The molecule has 1 fully saturated rings. The number of methoxy groups -OCH3 is 1. The lowest BCUT2D eigenvalue weighted by Gasteiger charge is -2.18. The third-order valence-corrected chi connectivity index (χ3v) is 7.52. The molecular formula is C29H26ClN7O3. The number of tetrazole rings is 1. The lowest BCUT2D eigenvalue weighted by molar-refractivity contribution is -0.614. The van der Waals surface area contributed by atoms with Crippen LogP contribution in [0.25, 0.3) is 22.4 Å². The molecule has 1 aliphatic heterocycles. The van der Waals surface area contributed by atoms with Gasteiger partial charge in [-0.05, 0) is 70.3 Å². The number of hydrogen-bond acceptors (Lipinski definition) is 7. The Morgan fingerprint density at radius 3 is 2.67 bits per heavy atom. The van der Waals surface area contributed by atoms with Crippen molar-refractivity contribution in [2.45, 2.75) is 31.6 Å². The quantitative estimate of drug-likeness (QED) is 0.224. The van der Waals surface area contributed by atoms with Gasteiger partial charge in [0.1, 0.15) is 6.33 Å². The second kappa shape index (κ2) is 10.9. The maximum atomic E-state index is 13.5. The first-order chi connectivity index (χ1) is 19.5. The third kappa shape index (κ3) is 5.43. The highest BCUT2D eigenvalue weighted by Crippen LogP contribution is 2.41. The van der Waals surface area contributed by atoms with Crippen molar-refractivity contribution in [3.8, 4) is 16.8 Å². The van der Waals surface area contributed by atoms with Crippen molar-refractivity contribution >= 4 is 34.7 Å². The van der Waals surface area contributed by atoms with E-state index in [1.54, 1.807) is 23.0 Å². The molecule has 1 aliphatic carbocycles. The maximum Gasteiger partial charge on any atom is 0.411 e. The van der Waals surface area contributed by atoms with Gasteiger partial charge in [0.25, 0.3) is 0 Å². The van der Waals surface area contributed by atoms with Crippen molar-refractivity contribution in [1.29, 1.82) is 0 Å². The lowest BCUT2D eigenvalue weighted by Crippen LogP contribution is -2.35. The van der Waals surface area contributed by atoms with Gasteiger partial charge in [-0.1, -0.05) is 36.6 Å². The smallest absolute Gasteiger partial charge is 0.411 e. The fourth-order valence-corrected chi connectivity index (χ4v) is 5.19. The summed E-state index contributed by atoms with van der Waals surface area (Å²) in [5.74, 6) is 0.505. The molecule has 1 atom stereocenters. The molecule has 6 rings (SSSR count). The summed E-state index contributed by atoms with van der Waals surface area (Å²) in [6, 6.07) is 16.8. The zero-order valence-corrected chi connectivity index (χ0v) is 22.5. The maximum absolute atomic E-state index is 13.5. The highest BCUT2D eigenvalue weighted by atomic mass is 35.5. The van der Waals surface area contributed by atoms with E-state index < -0.39 is 6.09 Å². The molecule has 0 bridgehead atoms. The molecule has 2 aromatic carbocycles. The number of allylic oxidation sites excluding steroid dienone is 1. The summed E-state index contributed by atoms with van der Waals surface area (Å²) in [6.45, 7) is 0. The van der Waals surface area contributed by atoms with E-state index in [1.807, 2.05) is 48.7 Å². The van der Waals surface area contributed by atoms with Crippen LogP contribution in [-0.4, -0.2) is 39.1 Å².